The zero-order chi connectivity index (χ0) is 8.15. The van der Waals surface area contributed by atoms with Gasteiger partial charge < -0.3 is 4.74 Å². The first-order chi connectivity index (χ1) is 4.52. The molecule has 0 rings (SSSR count). The minimum absolute atomic E-state index is 0.300. The summed E-state index contributed by atoms with van der Waals surface area (Å²) in [4.78, 5) is 10.3. The number of allylic oxidation sites excluding steroid dienone is 1. The molecule has 56 valence electrons. The Balaban J connectivity index is 4.23. The highest BCUT2D eigenvalue weighted by molar-refractivity contribution is 5.67. The summed E-state index contributed by atoms with van der Waals surface area (Å²) in [6.45, 7) is 6.87. The molecule has 0 spiro atoms. The van der Waals surface area contributed by atoms with Crippen LogP contribution in [0, 0.1) is 0 Å². The van der Waals surface area contributed by atoms with Crippen molar-refractivity contribution in [2.45, 2.75) is 27.7 Å². The molecule has 0 atom stereocenters. The predicted molar refractivity (Wildman–Crippen MR) is 39.3 cm³/mol. The van der Waals surface area contributed by atoms with Gasteiger partial charge in [-0.05, 0) is 19.4 Å². The highest BCUT2D eigenvalue weighted by Gasteiger charge is 1.91. The Labute approximate surface area is 61.2 Å². The van der Waals surface area contributed by atoms with Crippen LogP contribution in [-0.4, -0.2) is 5.97 Å². The molecule has 0 aromatic rings. The summed E-state index contributed by atoms with van der Waals surface area (Å²) in [5.41, 5.74) is 3.86. The lowest BCUT2D eigenvalue weighted by atomic mass is 10.3. The minimum atomic E-state index is -0.300. The van der Waals surface area contributed by atoms with Gasteiger partial charge in [-0.25, -0.2) is 0 Å². The largest absolute Gasteiger partial charge is 0.423 e. The zero-order valence-corrected chi connectivity index (χ0v) is 6.82. The van der Waals surface area contributed by atoms with Crippen molar-refractivity contribution in [2.24, 2.45) is 0 Å². The lowest BCUT2D eigenvalue weighted by molar-refractivity contribution is -0.136. The van der Waals surface area contributed by atoms with Crippen LogP contribution in [0.15, 0.2) is 17.1 Å². The van der Waals surface area contributed by atoms with E-state index in [4.69, 9.17) is 4.74 Å². The zero-order valence-electron chi connectivity index (χ0n) is 6.82. The quantitative estimate of drug-likeness (QED) is 0.316. The number of carbonyl (C=O) groups is 1. The molecule has 0 amide bonds. The molecule has 0 aromatic heterocycles. The molecule has 0 heterocycles. The fourth-order valence-corrected chi connectivity index (χ4v) is 0.593. The molecule has 0 fully saturated rings. The van der Waals surface area contributed by atoms with Gasteiger partial charge in [-0.1, -0.05) is 5.73 Å². The van der Waals surface area contributed by atoms with Crippen LogP contribution in [0.4, 0.5) is 0 Å². The van der Waals surface area contributed by atoms with E-state index in [9.17, 15) is 4.79 Å². The smallest absolute Gasteiger partial charge is 0.308 e. The summed E-state index contributed by atoms with van der Waals surface area (Å²) >= 11 is 0. The lowest BCUT2D eigenvalue weighted by Crippen LogP contribution is -1.94. The number of ether oxygens (including phenoxy) is 1. The highest BCUT2D eigenvalue weighted by atomic mass is 16.5. The van der Waals surface area contributed by atoms with Gasteiger partial charge in [0.05, 0.1) is 0 Å². The van der Waals surface area contributed by atoms with E-state index in [2.05, 4.69) is 5.73 Å². The summed E-state index contributed by atoms with van der Waals surface area (Å²) in [7, 11) is 0. The van der Waals surface area contributed by atoms with Crippen LogP contribution >= 0.6 is 0 Å². The first kappa shape index (κ1) is 8.99. The van der Waals surface area contributed by atoms with Crippen molar-refractivity contribution < 1.29 is 9.53 Å². The third-order valence-corrected chi connectivity index (χ3v) is 0.723. The van der Waals surface area contributed by atoms with E-state index in [0.717, 1.165) is 5.57 Å². The minimum Gasteiger partial charge on any atom is -0.423 e. The third-order valence-electron chi connectivity index (χ3n) is 0.723. The molecule has 2 nitrogen and oxygen atoms in total. The van der Waals surface area contributed by atoms with E-state index < -0.39 is 0 Å². The molecule has 0 N–H and O–H groups in total. The second-order valence-corrected chi connectivity index (χ2v) is 2.27. The molecule has 0 saturated carbocycles. The van der Waals surface area contributed by atoms with Gasteiger partial charge in [0.25, 0.3) is 0 Å². The Morgan fingerprint density at radius 3 is 2.00 bits per heavy atom. The summed E-state index contributed by atoms with van der Waals surface area (Å²) < 4.78 is 4.71. The second-order valence-electron chi connectivity index (χ2n) is 2.27. The standard InChI is InChI=1S/C8H12O2/c1-6(2)5-7(3)10-8(4)9/h1-4H3. The average Bonchev–Trinajstić information content (AvgIpc) is 1.58. The van der Waals surface area contributed by atoms with E-state index in [1.165, 1.54) is 6.92 Å². The van der Waals surface area contributed by atoms with Crippen LogP contribution in [-0.2, 0) is 9.53 Å². The van der Waals surface area contributed by atoms with Crippen molar-refractivity contribution in [3.63, 3.8) is 0 Å². The van der Waals surface area contributed by atoms with Crippen molar-refractivity contribution in [1.29, 1.82) is 0 Å². The topological polar surface area (TPSA) is 26.3 Å². The van der Waals surface area contributed by atoms with Crippen molar-refractivity contribution in [3.05, 3.63) is 17.1 Å². The van der Waals surface area contributed by atoms with Gasteiger partial charge >= 0.3 is 5.97 Å². The van der Waals surface area contributed by atoms with Crippen molar-refractivity contribution in [2.75, 3.05) is 0 Å². The monoisotopic (exact) mass is 140 g/mol. The maximum absolute atomic E-state index is 10.3. The van der Waals surface area contributed by atoms with Crippen molar-refractivity contribution in [3.8, 4) is 0 Å². The third kappa shape index (κ3) is 5.13. The fourth-order valence-electron chi connectivity index (χ4n) is 0.593. The molecule has 0 saturated heterocycles. The molecule has 0 unspecified atom stereocenters. The highest BCUT2D eigenvalue weighted by Crippen LogP contribution is 1.95. The van der Waals surface area contributed by atoms with Crippen LogP contribution in [0.5, 0.6) is 0 Å². The van der Waals surface area contributed by atoms with E-state index in [1.807, 2.05) is 13.8 Å². The van der Waals surface area contributed by atoms with Crippen LogP contribution in [0.2, 0.25) is 0 Å². The molecular formula is C8H12O2. The maximum atomic E-state index is 10.3. The predicted octanol–water partition coefficient (Wildman–Crippen LogP) is 2.02. The molecule has 10 heavy (non-hydrogen) atoms. The van der Waals surface area contributed by atoms with Gasteiger partial charge in [0.15, 0.2) is 0 Å². The number of esters is 1. The van der Waals surface area contributed by atoms with E-state index in [1.54, 1.807) is 6.92 Å². The van der Waals surface area contributed by atoms with Gasteiger partial charge in [-0.3, -0.25) is 4.79 Å². The molecular weight excluding hydrogens is 128 g/mol. The lowest BCUT2D eigenvalue weighted by Gasteiger charge is -1.95. The molecule has 0 aliphatic heterocycles. The van der Waals surface area contributed by atoms with Crippen LogP contribution in [0.1, 0.15) is 27.7 Å². The van der Waals surface area contributed by atoms with Gasteiger partial charge in [0.1, 0.15) is 5.76 Å². The van der Waals surface area contributed by atoms with Gasteiger partial charge in [-0.15, -0.1) is 0 Å². The molecule has 0 aliphatic carbocycles. The summed E-state index contributed by atoms with van der Waals surface area (Å²) in [6.07, 6.45) is 0. The van der Waals surface area contributed by atoms with E-state index in [-0.39, 0.29) is 5.97 Å². The van der Waals surface area contributed by atoms with Crippen LogP contribution in [0.3, 0.4) is 0 Å². The number of hydrogen-bond acceptors (Lipinski definition) is 2. The SMILES string of the molecule is CC(=O)OC(C)=C=C(C)C. The van der Waals surface area contributed by atoms with E-state index >= 15 is 0 Å². The maximum Gasteiger partial charge on any atom is 0.308 e. The Kier molecular flexibility index (Phi) is 3.52. The van der Waals surface area contributed by atoms with Crippen molar-refractivity contribution >= 4 is 5.97 Å². The van der Waals surface area contributed by atoms with Crippen LogP contribution < -0.4 is 0 Å². The van der Waals surface area contributed by atoms with Gasteiger partial charge in [0, 0.05) is 13.8 Å². The Bertz CT molecular complexity index is 191. The second kappa shape index (κ2) is 3.91. The fraction of sp³-hybridized carbons (Fsp3) is 0.500. The number of carbonyl (C=O) groups excluding carboxylic acids is 1. The molecule has 2 heteroatoms. The van der Waals surface area contributed by atoms with E-state index in [0.29, 0.717) is 5.76 Å². The van der Waals surface area contributed by atoms with Crippen LogP contribution in [0.25, 0.3) is 0 Å². The average molecular weight is 140 g/mol. The molecule has 0 aromatic carbocycles. The summed E-state index contributed by atoms with van der Waals surface area (Å²) in [6, 6.07) is 0. The molecule has 0 aliphatic rings. The Morgan fingerprint density at radius 2 is 1.70 bits per heavy atom. The molecule has 0 bridgehead atoms. The first-order valence-electron chi connectivity index (χ1n) is 3.11. The van der Waals surface area contributed by atoms with Gasteiger partial charge in [0.2, 0.25) is 0 Å². The Morgan fingerprint density at radius 1 is 1.20 bits per heavy atom. The number of rotatable bonds is 1. The molecule has 0 radical (unpaired) electrons. The van der Waals surface area contributed by atoms with Crippen molar-refractivity contribution in [1.82, 2.24) is 0 Å². The normalized spacial score (nSPS) is 8.00. The summed E-state index contributed by atoms with van der Waals surface area (Å²) in [5, 5.41) is 0. The number of hydrogen-bond donors (Lipinski definition) is 0. The van der Waals surface area contributed by atoms with Gasteiger partial charge in [-0.2, -0.15) is 0 Å². The summed E-state index contributed by atoms with van der Waals surface area (Å²) in [5.74, 6) is 0.221. The first-order valence-corrected chi connectivity index (χ1v) is 3.11. The Hall–Kier alpha value is -1.01.